The van der Waals surface area contributed by atoms with E-state index in [1.54, 1.807) is 12.1 Å². The highest BCUT2D eigenvalue weighted by Gasteiger charge is 2.23. The Hall–Kier alpha value is -3.80. The molecule has 0 aliphatic heterocycles. The quantitative estimate of drug-likeness (QED) is 0.535. The first-order valence-corrected chi connectivity index (χ1v) is 9.16. The van der Waals surface area contributed by atoms with Gasteiger partial charge in [-0.05, 0) is 35.4 Å². The van der Waals surface area contributed by atoms with Gasteiger partial charge >= 0.3 is 0 Å². The van der Waals surface area contributed by atoms with E-state index in [2.05, 4.69) is 15.5 Å². The molecule has 4 rings (SSSR count). The molecular formula is C23H18FN3O2. The van der Waals surface area contributed by atoms with Gasteiger partial charge in [-0.25, -0.2) is 4.39 Å². The van der Waals surface area contributed by atoms with Crippen molar-refractivity contribution >= 4 is 5.91 Å². The van der Waals surface area contributed by atoms with E-state index in [9.17, 15) is 9.18 Å². The summed E-state index contributed by atoms with van der Waals surface area (Å²) >= 11 is 0. The second-order valence-electron chi connectivity index (χ2n) is 6.53. The molecule has 5 nitrogen and oxygen atoms in total. The van der Waals surface area contributed by atoms with Crippen LogP contribution in [0.4, 0.5) is 4.39 Å². The second kappa shape index (κ2) is 8.48. The summed E-state index contributed by atoms with van der Waals surface area (Å²) in [6.07, 6.45) is 0.0424. The number of hydrogen-bond acceptors (Lipinski definition) is 4. The molecule has 0 fully saturated rings. The SMILES string of the molecule is O=C(Cc1cccc(F)c1)NC(c1ccccc1)c1nnc(-c2ccccc2)o1. The van der Waals surface area contributed by atoms with E-state index >= 15 is 0 Å². The predicted molar refractivity (Wildman–Crippen MR) is 106 cm³/mol. The molecule has 29 heavy (non-hydrogen) atoms. The van der Waals surface area contributed by atoms with Gasteiger partial charge in [0.2, 0.25) is 17.7 Å². The summed E-state index contributed by atoms with van der Waals surface area (Å²) in [5.74, 6) is 0.00628. The predicted octanol–water partition coefficient (Wildman–Crippen LogP) is 4.32. The number of hydrogen-bond donors (Lipinski definition) is 1. The average molecular weight is 387 g/mol. The van der Waals surface area contributed by atoms with Gasteiger partial charge in [-0.3, -0.25) is 4.79 Å². The van der Waals surface area contributed by atoms with Gasteiger partial charge in [0.25, 0.3) is 0 Å². The molecule has 4 aromatic rings. The number of halogens is 1. The lowest BCUT2D eigenvalue weighted by Gasteiger charge is -2.16. The van der Waals surface area contributed by atoms with Crippen LogP contribution in [0.15, 0.2) is 89.3 Å². The number of nitrogens with one attached hydrogen (secondary N) is 1. The number of carbonyl (C=O) groups excluding carboxylic acids is 1. The summed E-state index contributed by atoms with van der Waals surface area (Å²) in [5.41, 5.74) is 2.19. The normalized spacial score (nSPS) is 11.8. The third kappa shape index (κ3) is 4.55. The highest BCUT2D eigenvalue weighted by atomic mass is 19.1. The molecule has 1 unspecified atom stereocenters. The molecule has 144 valence electrons. The zero-order valence-corrected chi connectivity index (χ0v) is 15.5. The molecule has 0 bridgehead atoms. The van der Waals surface area contributed by atoms with Gasteiger partial charge in [-0.1, -0.05) is 60.7 Å². The Balaban J connectivity index is 1.59. The lowest BCUT2D eigenvalue weighted by molar-refractivity contribution is -0.121. The van der Waals surface area contributed by atoms with E-state index in [-0.39, 0.29) is 24.0 Å². The molecule has 0 spiro atoms. The highest BCUT2D eigenvalue weighted by Crippen LogP contribution is 2.25. The fourth-order valence-electron chi connectivity index (χ4n) is 3.03. The lowest BCUT2D eigenvalue weighted by atomic mass is 10.1. The molecule has 1 amide bonds. The van der Waals surface area contributed by atoms with Crippen LogP contribution in [0.3, 0.4) is 0 Å². The smallest absolute Gasteiger partial charge is 0.247 e. The summed E-state index contributed by atoms with van der Waals surface area (Å²) in [5, 5.41) is 11.2. The van der Waals surface area contributed by atoms with Crippen LogP contribution in [0.5, 0.6) is 0 Å². The third-order valence-electron chi connectivity index (χ3n) is 4.40. The maximum absolute atomic E-state index is 13.4. The van der Waals surface area contributed by atoms with Crippen molar-refractivity contribution in [1.29, 1.82) is 0 Å². The number of benzene rings is 3. The van der Waals surface area contributed by atoms with E-state index in [1.165, 1.54) is 12.1 Å². The first kappa shape index (κ1) is 18.6. The monoisotopic (exact) mass is 387 g/mol. The van der Waals surface area contributed by atoms with Crippen molar-refractivity contribution in [2.75, 3.05) is 0 Å². The van der Waals surface area contributed by atoms with Crippen molar-refractivity contribution in [1.82, 2.24) is 15.5 Å². The van der Waals surface area contributed by atoms with Gasteiger partial charge in [-0.15, -0.1) is 10.2 Å². The molecular weight excluding hydrogens is 369 g/mol. The first-order chi connectivity index (χ1) is 14.2. The lowest BCUT2D eigenvalue weighted by Crippen LogP contribution is -2.30. The molecule has 1 N–H and O–H groups in total. The van der Waals surface area contributed by atoms with Gasteiger partial charge in [-0.2, -0.15) is 0 Å². The van der Waals surface area contributed by atoms with Crippen LogP contribution in [0.1, 0.15) is 23.1 Å². The molecule has 0 aliphatic rings. The highest BCUT2D eigenvalue weighted by molar-refractivity contribution is 5.79. The van der Waals surface area contributed by atoms with Crippen molar-refractivity contribution in [3.8, 4) is 11.5 Å². The summed E-state index contributed by atoms with van der Waals surface area (Å²) in [6.45, 7) is 0. The number of aromatic nitrogens is 2. The molecule has 1 atom stereocenters. The van der Waals surface area contributed by atoms with Crippen LogP contribution in [-0.4, -0.2) is 16.1 Å². The van der Waals surface area contributed by atoms with E-state index in [1.807, 2.05) is 60.7 Å². The fourth-order valence-corrected chi connectivity index (χ4v) is 3.03. The molecule has 0 saturated carbocycles. The molecule has 0 aliphatic carbocycles. The third-order valence-corrected chi connectivity index (χ3v) is 4.40. The minimum Gasteiger partial charge on any atom is -0.418 e. The van der Waals surface area contributed by atoms with E-state index in [0.717, 1.165) is 11.1 Å². The van der Waals surface area contributed by atoms with Crippen molar-refractivity contribution < 1.29 is 13.6 Å². The number of nitrogens with zero attached hydrogens (tertiary/aromatic N) is 2. The van der Waals surface area contributed by atoms with E-state index in [0.29, 0.717) is 11.5 Å². The Morgan fingerprint density at radius 3 is 2.38 bits per heavy atom. The molecule has 1 heterocycles. The van der Waals surface area contributed by atoms with Crippen LogP contribution < -0.4 is 5.32 Å². The van der Waals surface area contributed by atoms with Crippen molar-refractivity contribution in [3.05, 3.63) is 108 Å². The van der Waals surface area contributed by atoms with Gasteiger partial charge < -0.3 is 9.73 Å². The van der Waals surface area contributed by atoms with Crippen LogP contribution in [0.2, 0.25) is 0 Å². The fraction of sp³-hybridized carbons (Fsp3) is 0.0870. The van der Waals surface area contributed by atoms with Crippen LogP contribution in [0, 0.1) is 5.82 Å². The van der Waals surface area contributed by atoms with Crippen LogP contribution in [-0.2, 0) is 11.2 Å². The minimum atomic E-state index is -0.609. The molecule has 1 aromatic heterocycles. The summed E-state index contributed by atoms with van der Waals surface area (Å²) in [7, 11) is 0. The maximum atomic E-state index is 13.4. The van der Waals surface area contributed by atoms with Gasteiger partial charge in [0, 0.05) is 5.56 Å². The number of amides is 1. The Morgan fingerprint density at radius 2 is 1.66 bits per heavy atom. The second-order valence-corrected chi connectivity index (χ2v) is 6.53. The van der Waals surface area contributed by atoms with Crippen LogP contribution >= 0.6 is 0 Å². The largest absolute Gasteiger partial charge is 0.418 e. The van der Waals surface area contributed by atoms with E-state index in [4.69, 9.17) is 4.42 Å². The Labute approximate surface area is 167 Å². The Bertz CT molecular complexity index is 1100. The van der Waals surface area contributed by atoms with Gasteiger partial charge in [0.15, 0.2) is 0 Å². The van der Waals surface area contributed by atoms with Crippen molar-refractivity contribution in [2.24, 2.45) is 0 Å². The van der Waals surface area contributed by atoms with Crippen molar-refractivity contribution in [2.45, 2.75) is 12.5 Å². The van der Waals surface area contributed by atoms with E-state index < -0.39 is 6.04 Å². The summed E-state index contributed by atoms with van der Waals surface area (Å²) in [4.78, 5) is 12.6. The summed E-state index contributed by atoms with van der Waals surface area (Å²) in [6, 6.07) is 24.2. The number of rotatable bonds is 6. The average Bonchev–Trinajstić information content (AvgIpc) is 3.23. The summed E-state index contributed by atoms with van der Waals surface area (Å²) < 4.78 is 19.3. The molecule has 3 aromatic carbocycles. The standard InChI is InChI=1S/C23H18FN3O2/c24-19-13-7-8-16(14-19)15-20(28)25-21(17-9-3-1-4-10-17)23-27-26-22(29-23)18-11-5-2-6-12-18/h1-14,21H,15H2,(H,25,28). The maximum Gasteiger partial charge on any atom is 0.247 e. The molecule has 6 heteroatoms. The van der Waals surface area contributed by atoms with Crippen LogP contribution in [0.25, 0.3) is 11.5 Å². The topological polar surface area (TPSA) is 68.0 Å². The zero-order chi connectivity index (χ0) is 20.1. The first-order valence-electron chi connectivity index (χ1n) is 9.16. The Kier molecular flexibility index (Phi) is 5.42. The Morgan fingerprint density at radius 1 is 0.931 bits per heavy atom. The van der Waals surface area contributed by atoms with Gasteiger partial charge in [0.1, 0.15) is 11.9 Å². The molecule has 0 radical (unpaired) electrons. The van der Waals surface area contributed by atoms with Gasteiger partial charge in [0.05, 0.1) is 6.42 Å². The molecule has 0 saturated heterocycles. The zero-order valence-electron chi connectivity index (χ0n) is 15.5. The minimum absolute atomic E-state index is 0.0424. The van der Waals surface area contributed by atoms with Crippen molar-refractivity contribution in [3.63, 3.8) is 0 Å². The number of carbonyl (C=O) groups is 1.